The summed E-state index contributed by atoms with van der Waals surface area (Å²) in [6.45, 7) is 0. The molecule has 2 aromatic carbocycles. The summed E-state index contributed by atoms with van der Waals surface area (Å²) in [6, 6.07) is 7.24. The molecule has 0 heterocycles. The van der Waals surface area contributed by atoms with Gasteiger partial charge in [-0.2, -0.15) is 0 Å². The number of phenols is 2. The summed E-state index contributed by atoms with van der Waals surface area (Å²) < 4.78 is 2.42. The third-order valence-electron chi connectivity index (χ3n) is 2.37. The minimum absolute atomic E-state index is 0.163. The molecule has 0 unspecified atom stereocenters. The Bertz CT molecular complexity index is 524. The lowest BCUT2D eigenvalue weighted by molar-refractivity contribution is 0.467. The molecule has 2 N–H and O–H groups in total. The maximum Gasteiger partial charge on any atom is 0.143 e. The smallest absolute Gasteiger partial charge is 0.143 e. The highest BCUT2D eigenvalue weighted by Gasteiger charge is 2.11. The molecule has 18 heavy (non-hydrogen) atoms. The van der Waals surface area contributed by atoms with Gasteiger partial charge in [0.05, 0.1) is 17.9 Å². The Balaban J connectivity index is 2.63. The second kappa shape index (κ2) is 5.53. The Morgan fingerprint density at radius 3 is 1.00 bits per heavy atom. The van der Waals surface area contributed by atoms with E-state index in [9.17, 15) is 10.2 Å². The van der Waals surface area contributed by atoms with Crippen LogP contribution < -0.4 is 0 Å². The molecule has 0 spiro atoms. The quantitative estimate of drug-likeness (QED) is 0.517. The van der Waals surface area contributed by atoms with Gasteiger partial charge in [-0.1, -0.05) is 0 Å². The molecule has 0 fully saturated rings. The number of hydrogen-bond donors (Lipinski definition) is 2. The molecule has 2 aromatic rings. The van der Waals surface area contributed by atoms with Crippen molar-refractivity contribution in [2.75, 3.05) is 0 Å². The summed E-state index contributed by atoms with van der Waals surface area (Å²) in [5, 5.41) is 19.4. The number of phenolic OH excluding ortho intramolecular Hbond substituents is 2. The van der Waals surface area contributed by atoms with E-state index < -0.39 is 0 Å². The first kappa shape index (κ1) is 14.4. The fraction of sp³-hybridized carbons (Fsp3) is 0. The van der Waals surface area contributed by atoms with Crippen molar-refractivity contribution in [2.45, 2.75) is 0 Å². The second-order valence-electron chi connectivity index (χ2n) is 3.58. The van der Waals surface area contributed by atoms with Crippen molar-refractivity contribution >= 4 is 63.7 Å². The van der Waals surface area contributed by atoms with E-state index in [2.05, 4.69) is 63.7 Å². The third kappa shape index (κ3) is 2.76. The van der Waals surface area contributed by atoms with E-state index in [4.69, 9.17) is 0 Å². The van der Waals surface area contributed by atoms with E-state index in [1.54, 1.807) is 0 Å². The Morgan fingerprint density at radius 1 is 0.556 bits per heavy atom. The van der Waals surface area contributed by atoms with Crippen molar-refractivity contribution in [3.05, 3.63) is 42.2 Å². The number of aromatic hydroxyl groups is 2. The van der Waals surface area contributed by atoms with Crippen LogP contribution in [-0.2, 0) is 0 Å². The number of benzene rings is 2. The van der Waals surface area contributed by atoms with Gasteiger partial charge >= 0.3 is 0 Å². The van der Waals surface area contributed by atoms with Crippen LogP contribution in [0.4, 0.5) is 0 Å². The highest BCUT2D eigenvalue weighted by molar-refractivity contribution is 9.11. The van der Waals surface area contributed by atoms with Crippen LogP contribution in [0.2, 0.25) is 0 Å². The summed E-state index contributed by atoms with van der Waals surface area (Å²) in [7, 11) is 0. The highest BCUT2D eigenvalue weighted by atomic mass is 79.9. The molecule has 0 radical (unpaired) electrons. The number of halogens is 4. The summed E-state index contributed by atoms with van der Waals surface area (Å²) in [5.41, 5.74) is 1.82. The molecule has 2 nitrogen and oxygen atoms in total. The van der Waals surface area contributed by atoms with E-state index in [-0.39, 0.29) is 11.5 Å². The average molecular weight is 502 g/mol. The largest absolute Gasteiger partial charge is 0.506 e. The first-order chi connectivity index (χ1) is 8.40. The normalized spacial score (nSPS) is 10.7. The standard InChI is InChI=1S/C12H6Br4O2/c13-7-1-5(2-8(14)11(7)17)6-3-9(15)12(18)10(16)4-6/h1-4,17-18H. The molecule has 0 saturated heterocycles. The zero-order valence-electron chi connectivity index (χ0n) is 8.72. The molecule has 94 valence electrons. The van der Waals surface area contributed by atoms with E-state index in [0.29, 0.717) is 17.9 Å². The lowest BCUT2D eigenvalue weighted by Gasteiger charge is -2.09. The minimum Gasteiger partial charge on any atom is -0.506 e. The van der Waals surface area contributed by atoms with Crippen molar-refractivity contribution in [3.63, 3.8) is 0 Å². The maximum absolute atomic E-state index is 9.68. The van der Waals surface area contributed by atoms with Crippen molar-refractivity contribution in [3.8, 4) is 22.6 Å². The summed E-state index contributed by atoms with van der Waals surface area (Å²) >= 11 is 13.2. The predicted molar refractivity (Wildman–Crippen MR) is 86.0 cm³/mol. The zero-order chi connectivity index (χ0) is 13.4. The SMILES string of the molecule is Oc1c(Br)cc(-c2cc(Br)c(O)c(Br)c2)cc1Br. The molecule has 0 saturated carbocycles. The first-order valence-corrected chi connectivity index (χ1v) is 7.93. The van der Waals surface area contributed by atoms with E-state index in [1.807, 2.05) is 24.3 Å². The van der Waals surface area contributed by atoms with Gasteiger partial charge in [0.15, 0.2) is 0 Å². The maximum atomic E-state index is 9.68. The molecule has 0 aliphatic rings. The van der Waals surface area contributed by atoms with Crippen LogP contribution >= 0.6 is 63.7 Å². The Hall–Kier alpha value is -0.0400. The van der Waals surface area contributed by atoms with E-state index in [1.165, 1.54) is 0 Å². The topological polar surface area (TPSA) is 40.5 Å². The lowest BCUT2D eigenvalue weighted by Crippen LogP contribution is -1.82. The van der Waals surface area contributed by atoms with Crippen LogP contribution in [0.3, 0.4) is 0 Å². The van der Waals surface area contributed by atoms with Crippen LogP contribution in [0, 0.1) is 0 Å². The molecule has 0 aliphatic carbocycles. The fourth-order valence-corrected chi connectivity index (χ4v) is 3.84. The molecule has 6 heteroatoms. The van der Waals surface area contributed by atoms with Crippen molar-refractivity contribution in [2.24, 2.45) is 0 Å². The third-order valence-corrected chi connectivity index (χ3v) is 4.79. The van der Waals surface area contributed by atoms with E-state index in [0.717, 1.165) is 11.1 Å². The summed E-state index contributed by atoms with van der Waals surface area (Å²) in [5.74, 6) is 0.325. The molecule has 0 atom stereocenters. The Morgan fingerprint density at radius 2 is 0.778 bits per heavy atom. The van der Waals surface area contributed by atoms with Crippen molar-refractivity contribution < 1.29 is 10.2 Å². The molecule has 0 bridgehead atoms. The van der Waals surface area contributed by atoms with Gasteiger partial charge in [-0.05, 0) is 99.1 Å². The Kier molecular flexibility index (Phi) is 4.41. The van der Waals surface area contributed by atoms with Gasteiger partial charge in [0.1, 0.15) is 11.5 Å². The lowest BCUT2D eigenvalue weighted by atomic mass is 10.1. The van der Waals surface area contributed by atoms with Crippen molar-refractivity contribution in [1.29, 1.82) is 0 Å². The predicted octanol–water partition coefficient (Wildman–Crippen LogP) is 5.81. The second-order valence-corrected chi connectivity index (χ2v) is 6.99. The zero-order valence-corrected chi connectivity index (χ0v) is 15.1. The van der Waals surface area contributed by atoms with Gasteiger partial charge in [-0.15, -0.1) is 0 Å². The first-order valence-electron chi connectivity index (χ1n) is 4.76. The summed E-state index contributed by atoms with van der Waals surface area (Å²) in [6.07, 6.45) is 0. The van der Waals surface area contributed by atoms with Crippen LogP contribution in [0.5, 0.6) is 11.5 Å². The molecule has 0 aliphatic heterocycles. The van der Waals surface area contributed by atoms with Crippen LogP contribution in [0.15, 0.2) is 42.2 Å². The van der Waals surface area contributed by atoms with Gasteiger partial charge in [-0.3, -0.25) is 0 Å². The Labute approximate surface area is 138 Å². The molecular weight excluding hydrogens is 496 g/mol. The van der Waals surface area contributed by atoms with Crippen molar-refractivity contribution in [1.82, 2.24) is 0 Å². The fourth-order valence-electron chi connectivity index (χ4n) is 1.46. The van der Waals surface area contributed by atoms with Gasteiger partial charge in [0.25, 0.3) is 0 Å². The molecular formula is C12H6Br4O2. The van der Waals surface area contributed by atoms with Gasteiger partial charge in [0.2, 0.25) is 0 Å². The molecule has 0 aromatic heterocycles. The highest BCUT2D eigenvalue weighted by Crippen LogP contribution is 2.40. The molecule has 2 rings (SSSR count). The summed E-state index contributed by atoms with van der Waals surface area (Å²) in [4.78, 5) is 0. The minimum atomic E-state index is 0.163. The van der Waals surface area contributed by atoms with Gasteiger partial charge in [0, 0.05) is 0 Å². The number of hydrogen-bond acceptors (Lipinski definition) is 2. The molecule has 0 amide bonds. The monoisotopic (exact) mass is 498 g/mol. The average Bonchev–Trinajstić information content (AvgIpc) is 2.31. The van der Waals surface area contributed by atoms with Gasteiger partial charge in [-0.25, -0.2) is 0 Å². The van der Waals surface area contributed by atoms with E-state index >= 15 is 0 Å². The van der Waals surface area contributed by atoms with Crippen LogP contribution in [-0.4, -0.2) is 10.2 Å². The van der Waals surface area contributed by atoms with Crippen LogP contribution in [0.25, 0.3) is 11.1 Å². The van der Waals surface area contributed by atoms with Crippen LogP contribution in [0.1, 0.15) is 0 Å². The van der Waals surface area contributed by atoms with Gasteiger partial charge < -0.3 is 10.2 Å². The number of rotatable bonds is 1.